The highest BCUT2D eigenvalue weighted by Crippen LogP contribution is 2.41. The van der Waals surface area contributed by atoms with Gasteiger partial charge in [-0.15, -0.1) is 5.10 Å². The number of urea groups is 1. The first-order chi connectivity index (χ1) is 32.0. The van der Waals surface area contributed by atoms with Crippen LogP contribution in [0.15, 0.2) is 48.5 Å². The first-order valence-electron chi connectivity index (χ1n) is 23.5. The Balaban J connectivity index is 0.00000162. The van der Waals surface area contributed by atoms with E-state index in [4.69, 9.17) is 16.2 Å². The number of carbonyl (C=O) groups excluding carboxylic acids is 7. The fourth-order valence-corrected chi connectivity index (χ4v) is 7.25. The molecule has 1 aliphatic rings. The van der Waals surface area contributed by atoms with Crippen molar-refractivity contribution in [3.63, 3.8) is 0 Å². The molecule has 0 aliphatic carbocycles. The molecule has 0 saturated heterocycles. The van der Waals surface area contributed by atoms with Gasteiger partial charge in [0, 0.05) is 75.1 Å². The highest BCUT2D eigenvalue weighted by Gasteiger charge is 2.32. The molecule has 0 fully saturated rings. The Hall–Kier alpha value is -6.37. The first kappa shape index (κ1) is 56.0. The quantitative estimate of drug-likeness (QED) is 0.0771. The Morgan fingerprint density at radius 3 is 2.12 bits per heavy atom. The predicted molar refractivity (Wildman–Crippen MR) is 261 cm³/mol. The van der Waals surface area contributed by atoms with E-state index in [-0.39, 0.29) is 67.9 Å². The third kappa shape index (κ3) is 17.1. The van der Waals surface area contributed by atoms with Crippen LogP contribution in [-0.4, -0.2) is 113 Å². The summed E-state index contributed by atoms with van der Waals surface area (Å²) >= 11 is 0. The van der Waals surface area contributed by atoms with Crippen LogP contribution in [0.3, 0.4) is 0 Å². The van der Waals surface area contributed by atoms with Crippen LogP contribution < -0.4 is 37.6 Å². The number of nitrogens with one attached hydrogen (secondary N) is 4. The van der Waals surface area contributed by atoms with Gasteiger partial charge in [-0.2, -0.15) is 0 Å². The molecule has 1 aromatic heterocycles. The Morgan fingerprint density at radius 1 is 0.838 bits per heavy atom. The fraction of sp³-hybridized carbons (Fsp3) is 0.571. The van der Waals surface area contributed by atoms with Crippen molar-refractivity contribution in [2.45, 2.75) is 131 Å². The third-order valence-electron chi connectivity index (χ3n) is 11.5. The number of ether oxygens (including phenoxy) is 1. The number of primary amides is 2. The summed E-state index contributed by atoms with van der Waals surface area (Å²) in [6, 6.07) is 14.6. The number of rotatable bonds is 23. The largest absolute Gasteiger partial charge is 0.375 e. The molecular formula is C49H75N11O8. The lowest BCUT2D eigenvalue weighted by Gasteiger charge is -2.31. The number of aromatic nitrogens is 3. The zero-order valence-corrected chi connectivity index (χ0v) is 41.7. The smallest absolute Gasteiger partial charge is 0.312 e. The summed E-state index contributed by atoms with van der Waals surface area (Å²) in [5.74, 6) is -2.18. The monoisotopic (exact) mass is 946 g/mol. The maximum absolute atomic E-state index is 14.0. The van der Waals surface area contributed by atoms with Gasteiger partial charge in [-0.1, -0.05) is 82.3 Å². The van der Waals surface area contributed by atoms with Crippen molar-refractivity contribution in [2.24, 2.45) is 22.8 Å². The predicted octanol–water partition coefficient (Wildman–Crippen LogP) is 4.58. The lowest BCUT2D eigenvalue weighted by Crippen LogP contribution is -2.51. The molecule has 0 spiro atoms. The maximum Gasteiger partial charge on any atom is 0.312 e. The van der Waals surface area contributed by atoms with E-state index in [1.54, 1.807) is 30.7 Å². The fourth-order valence-electron chi connectivity index (χ4n) is 7.25. The van der Waals surface area contributed by atoms with E-state index in [9.17, 15) is 33.6 Å². The SMILES string of the molecule is CC(C)C(NC(=O)CCCC(=O)N(C)CCC(C)(C)OCCC(C)(C)C(=O)NCCC(=O)N1Cc2ccccc2-c2c(nnn2C(C)C)-c2ccccc21)C(=O)NCC(N)=O.CCCNC(N)=O. The van der Waals surface area contributed by atoms with Crippen LogP contribution in [0.2, 0.25) is 0 Å². The molecule has 68 heavy (non-hydrogen) atoms. The van der Waals surface area contributed by atoms with Crippen molar-refractivity contribution >= 4 is 47.2 Å². The third-order valence-corrected chi connectivity index (χ3v) is 11.5. The molecule has 8 amide bonds. The van der Waals surface area contributed by atoms with Gasteiger partial charge < -0.3 is 47.3 Å². The van der Waals surface area contributed by atoms with Crippen molar-refractivity contribution < 1.29 is 38.3 Å². The van der Waals surface area contributed by atoms with Crippen molar-refractivity contribution in [2.75, 3.05) is 44.7 Å². The Kier molecular flexibility index (Phi) is 21.6. The lowest BCUT2D eigenvalue weighted by molar-refractivity contribution is -0.133. The highest BCUT2D eigenvalue weighted by atomic mass is 16.5. The number of fused-ring (bicyclic) bond motifs is 5. The standard InChI is InChI=1S/C45H65N9O7.C4H10N2O/c1-29(2)39(42(59)48-27-35(46)55)49-36(56)19-14-20-37(57)52(9)25-22-45(7,8)61-26-23-44(5,6)43(60)47-24-21-38(58)53-28-31-15-10-11-16-32(31)41-40(50-51-54(41)30(3)4)33-17-12-13-18-34(33)53;1-2-3-6-4(5)7/h10-13,15-18,29-30,39H,14,19-28H2,1-9H3,(H2,46,55)(H,47,60)(H,48,59)(H,49,56);2-3H2,1H3,(H3,5,6,7). The van der Waals surface area contributed by atoms with Crippen LogP contribution in [0.5, 0.6) is 0 Å². The average molecular weight is 946 g/mol. The van der Waals surface area contributed by atoms with E-state index in [0.29, 0.717) is 45.5 Å². The number of hydrogen-bond acceptors (Lipinski definition) is 10. The van der Waals surface area contributed by atoms with Crippen LogP contribution in [0.4, 0.5) is 10.5 Å². The number of nitrogens with two attached hydrogens (primary N) is 2. The van der Waals surface area contributed by atoms with Gasteiger partial charge in [-0.25, -0.2) is 9.48 Å². The lowest BCUT2D eigenvalue weighted by atomic mass is 9.88. The minimum absolute atomic E-state index is 0.0627. The van der Waals surface area contributed by atoms with E-state index in [0.717, 1.165) is 40.2 Å². The summed E-state index contributed by atoms with van der Waals surface area (Å²) in [4.78, 5) is 89.4. The highest BCUT2D eigenvalue weighted by molar-refractivity contribution is 6.00. The van der Waals surface area contributed by atoms with Gasteiger partial charge in [0.1, 0.15) is 11.7 Å². The summed E-state index contributed by atoms with van der Waals surface area (Å²) in [6.45, 7) is 18.8. The normalized spacial score (nSPS) is 12.5. The van der Waals surface area contributed by atoms with Gasteiger partial charge in [0.05, 0.1) is 30.1 Å². The van der Waals surface area contributed by atoms with Crippen molar-refractivity contribution in [3.8, 4) is 22.5 Å². The second kappa shape index (κ2) is 26.2. The van der Waals surface area contributed by atoms with E-state index in [1.807, 2.05) is 87.8 Å². The molecule has 8 N–H and O–H groups in total. The molecule has 19 heteroatoms. The maximum atomic E-state index is 14.0. The molecular weight excluding hydrogens is 871 g/mol. The second-order valence-corrected chi connectivity index (χ2v) is 18.9. The number of benzene rings is 2. The summed E-state index contributed by atoms with van der Waals surface area (Å²) in [5.41, 5.74) is 13.6. The average Bonchev–Trinajstić information content (AvgIpc) is 3.72. The zero-order valence-electron chi connectivity index (χ0n) is 41.7. The number of amides is 8. The van der Waals surface area contributed by atoms with Gasteiger partial charge in [0.25, 0.3) is 0 Å². The summed E-state index contributed by atoms with van der Waals surface area (Å²) in [7, 11) is 1.70. The summed E-state index contributed by atoms with van der Waals surface area (Å²) in [6.07, 6.45) is 2.54. The van der Waals surface area contributed by atoms with Crippen molar-refractivity contribution in [1.82, 2.24) is 41.2 Å². The Morgan fingerprint density at radius 2 is 1.50 bits per heavy atom. The zero-order chi connectivity index (χ0) is 50.8. The minimum atomic E-state index is -0.827. The van der Waals surface area contributed by atoms with E-state index in [2.05, 4.69) is 45.4 Å². The van der Waals surface area contributed by atoms with Gasteiger partial charge >= 0.3 is 6.03 Å². The van der Waals surface area contributed by atoms with Gasteiger partial charge in [-0.05, 0) is 70.9 Å². The number of carbonyl (C=O) groups is 7. The van der Waals surface area contributed by atoms with E-state index >= 15 is 0 Å². The van der Waals surface area contributed by atoms with Crippen LogP contribution in [-0.2, 0) is 40.0 Å². The Bertz CT molecular complexity index is 2200. The Labute approximate surface area is 401 Å². The molecule has 0 saturated carbocycles. The number of hydrogen-bond donors (Lipinski definition) is 6. The van der Waals surface area contributed by atoms with Crippen LogP contribution in [0, 0.1) is 11.3 Å². The molecule has 374 valence electrons. The number of nitrogens with zero attached hydrogens (tertiary/aromatic N) is 5. The van der Waals surface area contributed by atoms with Crippen LogP contribution >= 0.6 is 0 Å². The van der Waals surface area contributed by atoms with Crippen LogP contribution in [0.1, 0.15) is 119 Å². The van der Waals surface area contributed by atoms with E-state index in [1.165, 1.54) is 0 Å². The van der Waals surface area contributed by atoms with Gasteiger partial charge in [0.2, 0.25) is 35.4 Å². The van der Waals surface area contributed by atoms with Crippen LogP contribution in [0.25, 0.3) is 22.5 Å². The minimum Gasteiger partial charge on any atom is -0.375 e. The molecule has 19 nitrogen and oxygen atoms in total. The molecule has 0 bridgehead atoms. The second-order valence-electron chi connectivity index (χ2n) is 18.9. The topological polar surface area (TPSA) is 266 Å². The summed E-state index contributed by atoms with van der Waals surface area (Å²) in [5, 5.41) is 19.6. The molecule has 4 rings (SSSR count). The first-order valence-corrected chi connectivity index (χ1v) is 23.5. The molecule has 1 aliphatic heterocycles. The molecule has 3 aromatic rings. The van der Waals surface area contributed by atoms with Crippen molar-refractivity contribution in [3.05, 3.63) is 54.1 Å². The molecule has 1 atom stereocenters. The molecule has 2 heterocycles. The summed E-state index contributed by atoms with van der Waals surface area (Å²) < 4.78 is 8.14. The molecule has 2 aromatic carbocycles. The molecule has 1 unspecified atom stereocenters. The van der Waals surface area contributed by atoms with Crippen molar-refractivity contribution in [1.29, 1.82) is 0 Å². The molecule has 0 radical (unpaired) electrons. The van der Waals surface area contributed by atoms with Gasteiger partial charge in [-0.3, -0.25) is 28.8 Å². The number of anilines is 1. The van der Waals surface area contributed by atoms with Gasteiger partial charge in [0.15, 0.2) is 0 Å². The van der Waals surface area contributed by atoms with E-state index < -0.39 is 34.9 Å². The number of para-hydroxylation sites is 1.